The van der Waals surface area contributed by atoms with Crippen LogP contribution in [0.5, 0.6) is 5.75 Å². The molecule has 1 amide bonds. The Hall–Kier alpha value is -3.83. The number of hydrogen-bond donors (Lipinski definition) is 2. The molecule has 152 valence electrons. The van der Waals surface area contributed by atoms with Gasteiger partial charge in [-0.05, 0) is 37.3 Å². The van der Waals surface area contributed by atoms with Gasteiger partial charge in [0.25, 0.3) is 5.91 Å². The number of nitrogens with zero attached hydrogens (tertiary/aromatic N) is 3. The predicted molar refractivity (Wildman–Crippen MR) is 92.6 cm³/mol. The summed E-state index contributed by atoms with van der Waals surface area (Å²) in [6.45, 7) is 2.86. The molecule has 0 aliphatic heterocycles. The van der Waals surface area contributed by atoms with E-state index in [1.807, 2.05) is 0 Å². The lowest BCUT2D eigenvalue weighted by molar-refractivity contribution is -0.274. The SMILES string of the molecule is CC(=O)c1nnn(-c2ccc(OC(F)(F)F)cc2)c1NNC(=O)c1ccoc1C. The number of aromatic nitrogens is 3. The van der Waals surface area contributed by atoms with E-state index in [0.29, 0.717) is 5.76 Å². The number of anilines is 1. The first-order valence-corrected chi connectivity index (χ1v) is 8.09. The highest BCUT2D eigenvalue weighted by Crippen LogP contribution is 2.25. The summed E-state index contributed by atoms with van der Waals surface area (Å²) in [5, 5.41) is 7.57. The lowest BCUT2D eigenvalue weighted by Crippen LogP contribution is -2.31. The molecule has 12 heteroatoms. The Morgan fingerprint density at radius 2 is 1.86 bits per heavy atom. The molecule has 0 atom stereocenters. The Morgan fingerprint density at radius 3 is 2.41 bits per heavy atom. The highest BCUT2D eigenvalue weighted by molar-refractivity contribution is 5.98. The third-order valence-corrected chi connectivity index (χ3v) is 3.72. The highest BCUT2D eigenvalue weighted by Gasteiger charge is 2.31. The molecule has 0 spiro atoms. The number of aryl methyl sites for hydroxylation is 1. The minimum atomic E-state index is -4.82. The van der Waals surface area contributed by atoms with Gasteiger partial charge in [-0.1, -0.05) is 5.21 Å². The van der Waals surface area contributed by atoms with Crippen LogP contribution in [0.25, 0.3) is 5.69 Å². The number of benzene rings is 1. The van der Waals surface area contributed by atoms with Crippen LogP contribution in [-0.2, 0) is 0 Å². The summed E-state index contributed by atoms with van der Waals surface area (Å²) in [4.78, 5) is 24.1. The second-order valence-electron chi connectivity index (χ2n) is 5.77. The largest absolute Gasteiger partial charge is 0.573 e. The molecule has 9 nitrogen and oxygen atoms in total. The Balaban J connectivity index is 1.85. The van der Waals surface area contributed by atoms with E-state index in [9.17, 15) is 22.8 Å². The molecule has 1 aromatic carbocycles. The van der Waals surface area contributed by atoms with Crippen LogP contribution < -0.4 is 15.6 Å². The van der Waals surface area contributed by atoms with Gasteiger partial charge in [0.1, 0.15) is 11.5 Å². The zero-order chi connectivity index (χ0) is 21.2. The van der Waals surface area contributed by atoms with Gasteiger partial charge in [-0.15, -0.1) is 18.3 Å². The van der Waals surface area contributed by atoms with Crippen LogP contribution >= 0.6 is 0 Å². The number of hydrogen-bond acceptors (Lipinski definition) is 7. The molecule has 0 bridgehead atoms. The van der Waals surface area contributed by atoms with Crippen LogP contribution in [0.15, 0.2) is 41.0 Å². The maximum Gasteiger partial charge on any atom is 0.573 e. The Labute approximate surface area is 161 Å². The van der Waals surface area contributed by atoms with Crippen LogP contribution in [0.4, 0.5) is 19.0 Å². The smallest absolute Gasteiger partial charge is 0.469 e. The van der Waals surface area contributed by atoms with Gasteiger partial charge in [-0.2, -0.15) is 4.68 Å². The second-order valence-corrected chi connectivity index (χ2v) is 5.77. The Morgan fingerprint density at radius 1 is 1.17 bits per heavy atom. The van der Waals surface area contributed by atoms with Gasteiger partial charge in [-0.25, -0.2) is 0 Å². The standard InChI is InChI=1S/C17H14F3N5O4/c1-9(26)14-15(22-23-16(27)13-7-8-28-10(13)2)25(24-21-14)11-3-5-12(6-4-11)29-17(18,19)20/h3-8,22H,1-2H3,(H,23,27). The number of nitrogens with one attached hydrogen (secondary N) is 2. The first-order chi connectivity index (χ1) is 13.7. The molecule has 2 heterocycles. The van der Waals surface area contributed by atoms with E-state index in [-0.39, 0.29) is 22.8 Å². The molecule has 0 radical (unpaired) electrons. The van der Waals surface area contributed by atoms with Crippen LogP contribution in [0.2, 0.25) is 0 Å². The van der Waals surface area contributed by atoms with Crippen molar-refractivity contribution < 1.29 is 31.9 Å². The number of ether oxygens (including phenoxy) is 1. The fraction of sp³-hybridized carbons (Fsp3) is 0.176. The molecular weight excluding hydrogens is 395 g/mol. The van der Waals surface area contributed by atoms with Gasteiger partial charge in [-0.3, -0.25) is 20.4 Å². The van der Waals surface area contributed by atoms with Crippen molar-refractivity contribution in [3.63, 3.8) is 0 Å². The summed E-state index contributed by atoms with van der Waals surface area (Å²) in [7, 11) is 0. The zero-order valence-corrected chi connectivity index (χ0v) is 15.1. The maximum atomic E-state index is 12.3. The van der Waals surface area contributed by atoms with Gasteiger partial charge in [0.2, 0.25) is 0 Å². The Bertz CT molecular complexity index is 1040. The minimum Gasteiger partial charge on any atom is -0.469 e. The summed E-state index contributed by atoms with van der Waals surface area (Å²) in [6.07, 6.45) is -3.47. The highest BCUT2D eigenvalue weighted by atomic mass is 19.4. The van der Waals surface area contributed by atoms with E-state index in [1.165, 1.54) is 31.4 Å². The van der Waals surface area contributed by atoms with Crippen molar-refractivity contribution >= 4 is 17.5 Å². The van der Waals surface area contributed by atoms with Crippen molar-refractivity contribution in [3.8, 4) is 11.4 Å². The summed E-state index contributed by atoms with van der Waals surface area (Å²) >= 11 is 0. The van der Waals surface area contributed by atoms with Crippen LogP contribution in [0.3, 0.4) is 0 Å². The van der Waals surface area contributed by atoms with Gasteiger partial charge in [0.05, 0.1) is 17.5 Å². The molecule has 0 fully saturated rings. The summed E-state index contributed by atoms with van der Waals surface area (Å²) in [6, 6.07) is 6.19. The van der Waals surface area contributed by atoms with Gasteiger partial charge >= 0.3 is 6.36 Å². The van der Waals surface area contributed by atoms with E-state index in [2.05, 4.69) is 25.9 Å². The third kappa shape index (κ3) is 4.54. The van der Waals surface area contributed by atoms with E-state index in [0.717, 1.165) is 16.8 Å². The number of alkyl halides is 3. The number of ketones is 1. The molecule has 2 aromatic heterocycles. The number of halogens is 3. The molecule has 29 heavy (non-hydrogen) atoms. The van der Waals surface area contributed by atoms with Gasteiger partial charge in [0.15, 0.2) is 17.3 Å². The van der Waals surface area contributed by atoms with E-state index >= 15 is 0 Å². The second kappa shape index (κ2) is 7.66. The molecule has 0 unspecified atom stereocenters. The van der Waals surface area contributed by atoms with Crippen molar-refractivity contribution in [2.75, 3.05) is 5.43 Å². The molecular formula is C17H14F3N5O4. The summed E-state index contributed by atoms with van der Waals surface area (Å²) in [5.74, 6) is -0.984. The number of rotatable bonds is 6. The quantitative estimate of drug-likeness (QED) is 0.475. The molecule has 0 aliphatic carbocycles. The minimum absolute atomic E-state index is 0.0245. The topological polar surface area (TPSA) is 111 Å². The number of carbonyl (C=O) groups is 2. The van der Waals surface area contributed by atoms with Crippen molar-refractivity contribution in [2.24, 2.45) is 0 Å². The van der Waals surface area contributed by atoms with Crippen LogP contribution in [0, 0.1) is 6.92 Å². The lowest BCUT2D eigenvalue weighted by Gasteiger charge is -2.12. The van der Waals surface area contributed by atoms with Crippen LogP contribution in [0.1, 0.15) is 33.5 Å². The average molecular weight is 409 g/mol. The first kappa shape index (κ1) is 19.9. The summed E-state index contributed by atoms with van der Waals surface area (Å²) in [5.41, 5.74) is 5.44. The average Bonchev–Trinajstić information content (AvgIpc) is 3.25. The number of furan rings is 1. The molecule has 2 N–H and O–H groups in total. The normalized spacial score (nSPS) is 11.2. The van der Waals surface area contributed by atoms with E-state index in [1.54, 1.807) is 6.92 Å². The van der Waals surface area contributed by atoms with Gasteiger partial charge in [0, 0.05) is 6.92 Å². The maximum absolute atomic E-state index is 12.3. The molecule has 0 aliphatic rings. The predicted octanol–water partition coefficient (Wildman–Crippen LogP) is 3.03. The van der Waals surface area contributed by atoms with Crippen molar-refractivity contribution in [1.82, 2.24) is 20.4 Å². The van der Waals surface area contributed by atoms with Crippen molar-refractivity contribution in [3.05, 3.63) is 53.6 Å². The number of amides is 1. The van der Waals surface area contributed by atoms with Gasteiger partial charge < -0.3 is 9.15 Å². The van der Waals surface area contributed by atoms with E-state index in [4.69, 9.17) is 4.42 Å². The molecule has 3 aromatic rings. The lowest BCUT2D eigenvalue weighted by atomic mass is 10.2. The molecule has 0 saturated heterocycles. The fourth-order valence-corrected chi connectivity index (χ4v) is 2.40. The summed E-state index contributed by atoms with van der Waals surface area (Å²) < 4.78 is 46.9. The monoisotopic (exact) mass is 409 g/mol. The van der Waals surface area contributed by atoms with Crippen molar-refractivity contribution in [1.29, 1.82) is 0 Å². The Kier molecular flexibility index (Phi) is 5.26. The number of Topliss-reactive ketones (excluding diaryl/α,β-unsaturated/α-hetero) is 1. The number of carbonyl (C=O) groups excluding carboxylic acids is 2. The van der Waals surface area contributed by atoms with Crippen LogP contribution in [-0.4, -0.2) is 33.0 Å². The zero-order valence-electron chi connectivity index (χ0n) is 15.1. The molecule has 0 saturated carbocycles. The first-order valence-electron chi connectivity index (χ1n) is 8.09. The van der Waals surface area contributed by atoms with E-state index < -0.39 is 23.8 Å². The van der Waals surface area contributed by atoms with Crippen molar-refractivity contribution in [2.45, 2.75) is 20.2 Å². The fourth-order valence-electron chi connectivity index (χ4n) is 2.40. The number of hydrazine groups is 1. The molecule has 3 rings (SSSR count). The third-order valence-electron chi connectivity index (χ3n) is 3.72.